The van der Waals surface area contributed by atoms with E-state index in [2.05, 4.69) is 32.2 Å². The van der Waals surface area contributed by atoms with Crippen LogP contribution in [-0.2, 0) is 4.74 Å². The molecule has 1 aliphatic heterocycles. The molecule has 3 heteroatoms. The maximum atomic E-state index is 6.06. The first-order valence-corrected chi connectivity index (χ1v) is 7.09. The summed E-state index contributed by atoms with van der Waals surface area (Å²) in [7, 11) is 0. The summed E-state index contributed by atoms with van der Waals surface area (Å²) in [6, 6.07) is 8.81. The van der Waals surface area contributed by atoms with Gasteiger partial charge in [-0.25, -0.2) is 0 Å². The highest BCUT2D eigenvalue weighted by Gasteiger charge is 2.27. The molecule has 0 spiro atoms. The van der Waals surface area contributed by atoms with E-state index in [0.29, 0.717) is 18.0 Å². The molecular weight excluding hydrogens is 246 g/mol. The maximum Gasteiger partial charge on any atom is 0.0975 e. The van der Waals surface area contributed by atoms with Crippen molar-refractivity contribution in [2.24, 2.45) is 5.92 Å². The lowest BCUT2D eigenvalue weighted by Crippen LogP contribution is -2.41. The van der Waals surface area contributed by atoms with E-state index in [1.165, 1.54) is 0 Å². The van der Waals surface area contributed by atoms with Crippen LogP contribution in [0.5, 0.6) is 0 Å². The second kappa shape index (κ2) is 6.05. The molecule has 1 saturated heterocycles. The molecular formula is C15H22ClNO. The molecule has 0 bridgehead atoms. The van der Waals surface area contributed by atoms with Crippen molar-refractivity contribution in [1.29, 1.82) is 0 Å². The van der Waals surface area contributed by atoms with Crippen LogP contribution < -0.4 is 5.32 Å². The summed E-state index contributed by atoms with van der Waals surface area (Å²) in [5, 5.41) is 4.45. The fourth-order valence-corrected chi connectivity index (χ4v) is 2.77. The molecule has 0 aliphatic carbocycles. The molecule has 0 radical (unpaired) electrons. The normalized spacial score (nSPS) is 29.3. The summed E-state index contributed by atoms with van der Waals surface area (Å²) in [6.45, 7) is 7.50. The van der Waals surface area contributed by atoms with E-state index in [1.807, 2.05) is 18.2 Å². The summed E-state index contributed by atoms with van der Waals surface area (Å²) >= 11 is 6.06. The summed E-state index contributed by atoms with van der Waals surface area (Å²) in [6.07, 6.45) is 1.16. The second-order valence-electron chi connectivity index (χ2n) is 5.44. The molecule has 1 N–H and O–H groups in total. The lowest BCUT2D eigenvalue weighted by Gasteiger charge is -2.26. The third-order valence-corrected chi connectivity index (χ3v) is 3.87. The van der Waals surface area contributed by atoms with E-state index >= 15 is 0 Å². The monoisotopic (exact) mass is 267 g/mol. The Morgan fingerprint density at radius 3 is 2.83 bits per heavy atom. The minimum Gasteiger partial charge on any atom is -0.372 e. The van der Waals surface area contributed by atoms with Crippen molar-refractivity contribution in [3.63, 3.8) is 0 Å². The Morgan fingerprint density at radius 1 is 1.39 bits per heavy atom. The largest absolute Gasteiger partial charge is 0.372 e. The van der Waals surface area contributed by atoms with Gasteiger partial charge < -0.3 is 10.1 Å². The number of nitrogens with one attached hydrogen (secondary N) is 1. The summed E-state index contributed by atoms with van der Waals surface area (Å²) < 4.78 is 6.02. The van der Waals surface area contributed by atoms with Crippen LogP contribution in [-0.4, -0.2) is 18.7 Å². The van der Waals surface area contributed by atoms with E-state index in [9.17, 15) is 0 Å². The number of ether oxygens (including phenoxy) is 1. The summed E-state index contributed by atoms with van der Waals surface area (Å²) in [5.74, 6) is 0.633. The molecule has 3 unspecified atom stereocenters. The standard InChI is InChI=1S/C15H22ClNO/c1-10(2)14-7-8-18-15(11(3)17-14)12-5-4-6-13(16)9-12/h4-6,9-11,14-15,17H,7-8H2,1-3H3. The number of halogens is 1. The van der Waals surface area contributed by atoms with Crippen molar-refractivity contribution in [2.75, 3.05) is 6.61 Å². The van der Waals surface area contributed by atoms with E-state index in [1.54, 1.807) is 0 Å². The Morgan fingerprint density at radius 2 is 2.17 bits per heavy atom. The van der Waals surface area contributed by atoms with Crippen LogP contribution in [0.25, 0.3) is 0 Å². The van der Waals surface area contributed by atoms with E-state index in [4.69, 9.17) is 16.3 Å². The molecule has 0 amide bonds. The zero-order valence-corrected chi connectivity index (χ0v) is 12.1. The van der Waals surface area contributed by atoms with Gasteiger partial charge in [0.25, 0.3) is 0 Å². The van der Waals surface area contributed by atoms with Gasteiger partial charge in [-0.2, -0.15) is 0 Å². The molecule has 3 atom stereocenters. The number of rotatable bonds is 2. The molecule has 1 aromatic rings. The lowest BCUT2D eigenvalue weighted by molar-refractivity contribution is 0.0461. The van der Waals surface area contributed by atoms with Crippen molar-refractivity contribution in [2.45, 2.75) is 45.4 Å². The smallest absolute Gasteiger partial charge is 0.0975 e. The van der Waals surface area contributed by atoms with Gasteiger partial charge in [-0.1, -0.05) is 37.6 Å². The van der Waals surface area contributed by atoms with Gasteiger partial charge in [-0.05, 0) is 37.0 Å². The van der Waals surface area contributed by atoms with Gasteiger partial charge in [0.2, 0.25) is 0 Å². The third kappa shape index (κ3) is 3.25. The Kier molecular flexibility index (Phi) is 4.66. The van der Waals surface area contributed by atoms with Crippen LogP contribution in [0.3, 0.4) is 0 Å². The highest BCUT2D eigenvalue weighted by molar-refractivity contribution is 6.30. The van der Waals surface area contributed by atoms with Crippen molar-refractivity contribution in [3.8, 4) is 0 Å². The van der Waals surface area contributed by atoms with Crippen molar-refractivity contribution < 1.29 is 4.74 Å². The first-order valence-electron chi connectivity index (χ1n) is 6.71. The van der Waals surface area contributed by atoms with Gasteiger partial charge in [0.15, 0.2) is 0 Å². The van der Waals surface area contributed by atoms with Crippen LogP contribution >= 0.6 is 11.6 Å². The molecule has 18 heavy (non-hydrogen) atoms. The predicted molar refractivity (Wildman–Crippen MR) is 76.0 cm³/mol. The highest BCUT2D eigenvalue weighted by Crippen LogP contribution is 2.27. The number of hydrogen-bond donors (Lipinski definition) is 1. The Labute approximate surface area is 115 Å². The maximum absolute atomic E-state index is 6.06. The Bertz CT molecular complexity index is 394. The first kappa shape index (κ1) is 13.9. The fourth-order valence-electron chi connectivity index (χ4n) is 2.57. The van der Waals surface area contributed by atoms with Crippen LogP contribution in [0.2, 0.25) is 5.02 Å². The van der Waals surface area contributed by atoms with E-state index < -0.39 is 0 Å². The highest BCUT2D eigenvalue weighted by atomic mass is 35.5. The molecule has 1 fully saturated rings. The van der Waals surface area contributed by atoms with Crippen LogP contribution in [0, 0.1) is 5.92 Å². The molecule has 0 aromatic heterocycles. The molecule has 0 saturated carbocycles. The fraction of sp³-hybridized carbons (Fsp3) is 0.600. The van der Waals surface area contributed by atoms with E-state index in [-0.39, 0.29) is 6.10 Å². The second-order valence-corrected chi connectivity index (χ2v) is 5.88. The SMILES string of the molecule is CC(C)C1CCOC(c2cccc(Cl)c2)C(C)N1. The van der Waals surface area contributed by atoms with Gasteiger partial charge >= 0.3 is 0 Å². The lowest BCUT2D eigenvalue weighted by atomic mass is 9.99. The van der Waals surface area contributed by atoms with E-state index in [0.717, 1.165) is 23.6 Å². The van der Waals surface area contributed by atoms with Gasteiger partial charge in [0.1, 0.15) is 0 Å². The van der Waals surface area contributed by atoms with Gasteiger partial charge in [-0.3, -0.25) is 0 Å². The van der Waals surface area contributed by atoms with Gasteiger partial charge in [-0.15, -0.1) is 0 Å². The van der Waals surface area contributed by atoms with Crippen molar-refractivity contribution in [1.82, 2.24) is 5.32 Å². The Balaban J connectivity index is 2.14. The Hall–Kier alpha value is -0.570. The van der Waals surface area contributed by atoms with Crippen molar-refractivity contribution >= 4 is 11.6 Å². The number of benzene rings is 1. The third-order valence-electron chi connectivity index (χ3n) is 3.64. The molecule has 100 valence electrons. The first-order chi connectivity index (χ1) is 8.58. The summed E-state index contributed by atoms with van der Waals surface area (Å²) in [5.41, 5.74) is 1.16. The van der Waals surface area contributed by atoms with Gasteiger partial charge in [0.05, 0.1) is 6.10 Å². The average molecular weight is 268 g/mol. The summed E-state index contributed by atoms with van der Waals surface area (Å²) in [4.78, 5) is 0. The molecule has 2 rings (SSSR count). The van der Waals surface area contributed by atoms with Crippen LogP contribution in [0.4, 0.5) is 0 Å². The minimum absolute atomic E-state index is 0.0902. The van der Waals surface area contributed by atoms with Crippen LogP contribution in [0.1, 0.15) is 38.9 Å². The zero-order valence-electron chi connectivity index (χ0n) is 11.3. The van der Waals surface area contributed by atoms with Crippen LogP contribution in [0.15, 0.2) is 24.3 Å². The zero-order chi connectivity index (χ0) is 13.1. The predicted octanol–water partition coefficient (Wildman–Crippen LogP) is 3.80. The minimum atomic E-state index is 0.0902. The molecule has 1 heterocycles. The van der Waals surface area contributed by atoms with Crippen molar-refractivity contribution in [3.05, 3.63) is 34.9 Å². The molecule has 1 aromatic carbocycles. The molecule has 2 nitrogen and oxygen atoms in total. The topological polar surface area (TPSA) is 21.3 Å². The van der Waals surface area contributed by atoms with Gasteiger partial charge in [0, 0.05) is 23.7 Å². The molecule has 1 aliphatic rings. The average Bonchev–Trinajstić information content (AvgIpc) is 2.51. The number of hydrogen-bond acceptors (Lipinski definition) is 2. The quantitative estimate of drug-likeness (QED) is 0.880.